The number of amides is 1. The van der Waals surface area contributed by atoms with Gasteiger partial charge in [-0.3, -0.25) is 19.4 Å². The molecule has 0 atom stereocenters. The first-order chi connectivity index (χ1) is 9.40. The Balaban J connectivity index is 2.29. The lowest BCUT2D eigenvalue weighted by molar-refractivity contribution is -0.741. The van der Waals surface area contributed by atoms with E-state index in [4.69, 9.17) is 0 Å². The molecule has 1 heterocycles. The summed E-state index contributed by atoms with van der Waals surface area (Å²) in [6, 6.07) is 4.00. The summed E-state index contributed by atoms with van der Waals surface area (Å²) in [5.74, 6) is -0.667. The normalized spacial score (nSPS) is 10.3. The molecule has 1 amide bonds. The third-order valence-corrected chi connectivity index (χ3v) is 2.69. The molecular weight excluding hydrogens is 268 g/mol. The molecule has 9 nitrogen and oxygen atoms in total. The maximum Gasteiger partial charge on any atom is 0.440 e. The first-order valence-corrected chi connectivity index (χ1v) is 5.54. The van der Waals surface area contributed by atoms with Crippen molar-refractivity contribution in [2.24, 2.45) is 7.05 Å². The number of nitrogens with zero attached hydrogens (tertiary/aromatic N) is 2. The number of aryl methyl sites for hydroxylation is 2. The van der Waals surface area contributed by atoms with Gasteiger partial charge in [0.2, 0.25) is 0 Å². The number of non-ortho nitro benzene ring substituents is 1. The molecule has 0 aliphatic heterocycles. The zero-order chi connectivity index (χ0) is 14.9. The Morgan fingerprint density at radius 3 is 2.70 bits per heavy atom. The molecule has 1 aromatic carbocycles. The Labute approximate surface area is 111 Å². The fourth-order valence-corrected chi connectivity index (χ4v) is 1.67. The number of hydrogen-bond acceptors (Lipinski definition) is 5. The lowest BCUT2D eigenvalue weighted by Crippen LogP contribution is -2.41. The van der Waals surface area contributed by atoms with Crippen LogP contribution in [0.2, 0.25) is 0 Å². The van der Waals surface area contributed by atoms with Crippen LogP contribution < -0.4 is 15.6 Å². The van der Waals surface area contributed by atoms with E-state index >= 15 is 0 Å². The van der Waals surface area contributed by atoms with Crippen molar-refractivity contribution in [2.75, 3.05) is 5.32 Å². The van der Waals surface area contributed by atoms with Gasteiger partial charge in [-0.05, 0) is 23.8 Å². The van der Waals surface area contributed by atoms with Gasteiger partial charge < -0.3 is 5.32 Å². The van der Waals surface area contributed by atoms with Crippen molar-refractivity contribution >= 4 is 17.3 Å². The number of benzene rings is 1. The average Bonchev–Trinajstić information content (AvgIpc) is 2.71. The second-order valence-electron chi connectivity index (χ2n) is 4.10. The van der Waals surface area contributed by atoms with Crippen LogP contribution in [0.4, 0.5) is 11.4 Å². The minimum atomic E-state index is -0.801. The van der Waals surface area contributed by atoms with Crippen molar-refractivity contribution in [3.63, 3.8) is 0 Å². The summed E-state index contributed by atoms with van der Waals surface area (Å²) < 4.78 is 5.60. The highest BCUT2D eigenvalue weighted by Gasteiger charge is 2.26. The number of nitro benzene ring substituents is 1. The standard InChI is InChI=1S/C11H10N4O5/c1-6-5-7(15(18)19)3-4-8(6)12-10(16)9-11(17)20-13-14(9)2/h3-5H,1-2H3,(H-,12,13,16,17)/p+1. The summed E-state index contributed by atoms with van der Waals surface area (Å²) in [5.41, 5.74) is -0.198. The number of nitro groups is 1. The number of anilines is 1. The van der Waals surface area contributed by atoms with Gasteiger partial charge in [0.25, 0.3) is 5.69 Å². The number of aromatic amines is 1. The van der Waals surface area contributed by atoms with Gasteiger partial charge in [-0.15, -0.1) is 0 Å². The molecule has 1 aromatic heterocycles. The van der Waals surface area contributed by atoms with E-state index < -0.39 is 16.5 Å². The fourth-order valence-electron chi connectivity index (χ4n) is 1.67. The molecule has 104 valence electrons. The van der Waals surface area contributed by atoms with Crippen LogP contribution in [0.25, 0.3) is 0 Å². The van der Waals surface area contributed by atoms with Crippen LogP contribution >= 0.6 is 0 Å². The molecule has 0 aliphatic rings. The maximum atomic E-state index is 11.9. The van der Waals surface area contributed by atoms with Crippen LogP contribution in [0.5, 0.6) is 0 Å². The number of aromatic nitrogens is 2. The SMILES string of the molecule is Cc1cc([N+](=O)[O-])ccc1NC(=O)c1c(=O)o[nH][n+]1C. The highest BCUT2D eigenvalue weighted by Crippen LogP contribution is 2.21. The van der Waals surface area contributed by atoms with Gasteiger partial charge in [-0.1, -0.05) is 4.68 Å². The average molecular weight is 279 g/mol. The van der Waals surface area contributed by atoms with Crippen LogP contribution in [0.3, 0.4) is 0 Å². The maximum absolute atomic E-state index is 11.9. The molecule has 0 radical (unpaired) electrons. The molecule has 0 unspecified atom stereocenters. The molecule has 0 aliphatic carbocycles. The second-order valence-corrected chi connectivity index (χ2v) is 4.10. The number of carbonyl (C=O) groups excluding carboxylic acids is 1. The molecule has 0 spiro atoms. The van der Waals surface area contributed by atoms with E-state index in [1.54, 1.807) is 6.92 Å². The monoisotopic (exact) mass is 279 g/mol. The van der Waals surface area contributed by atoms with Gasteiger partial charge in [0.05, 0.1) is 4.92 Å². The fraction of sp³-hybridized carbons (Fsp3) is 0.182. The summed E-state index contributed by atoms with van der Waals surface area (Å²) >= 11 is 0. The van der Waals surface area contributed by atoms with Crippen molar-refractivity contribution in [1.82, 2.24) is 5.27 Å². The molecule has 0 fully saturated rings. The Bertz CT molecular complexity index is 746. The molecule has 0 saturated heterocycles. The van der Waals surface area contributed by atoms with E-state index in [0.29, 0.717) is 11.3 Å². The Morgan fingerprint density at radius 1 is 1.50 bits per heavy atom. The number of carbonyl (C=O) groups is 1. The van der Waals surface area contributed by atoms with Gasteiger partial charge in [-0.2, -0.15) is 0 Å². The minimum absolute atomic E-state index is 0.0767. The van der Waals surface area contributed by atoms with E-state index in [9.17, 15) is 19.7 Å². The summed E-state index contributed by atoms with van der Waals surface area (Å²) in [5, 5.41) is 15.3. The first kappa shape index (κ1) is 13.5. The Morgan fingerprint density at radius 2 is 2.20 bits per heavy atom. The first-order valence-electron chi connectivity index (χ1n) is 5.54. The Hall–Kier alpha value is -2.97. The number of hydrogen-bond donors (Lipinski definition) is 2. The zero-order valence-electron chi connectivity index (χ0n) is 10.7. The highest BCUT2D eigenvalue weighted by molar-refractivity contribution is 6.01. The van der Waals surface area contributed by atoms with Crippen molar-refractivity contribution < 1.29 is 18.9 Å². The molecule has 2 aromatic rings. The van der Waals surface area contributed by atoms with Crippen molar-refractivity contribution in [3.8, 4) is 0 Å². The third kappa shape index (κ3) is 2.41. The van der Waals surface area contributed by atoms with E-state index in [1.807, 2.05) is 0 Å². The molecule has 9 heteroatoms. The third-order valence-electron chi connectivity index (χ3n) is 2.69. The summed E-state index contributed by atoms with van der Waals surface area (Å²) in [4.78, 5) is 33.4. The van der Waals surface area contributed by atoms with Crippen LogP contribution in [0, 0.1) is 17.0 Å². The number of rotatable bonds is 3. The highest BCUT2D eigenvalue weighted by atomic mass is 16.6. The predicted molar refractivity (Wildman–Crippen MR) is 66.3 cm³/mol. The smallest absolute Gasteiger partial charge is 0.316 e. The van der Waals surface area contributed by atoms with Gasteiger partial charge in [0, 0.05) is 17.8 Å². The molecule has 0 bridgehead atoms. The zero-order valence-corrected chi connectivity index (χ0v) is 10.7. The minimum Gasteiger partial charge on any atom is -0.316 e. The molecule has 2 rings (SSSR count). The van der Waals surface area contributed by atoms with Gasteiger partial charge in [-0.25, -0.2) is 4.79 Å². The van der Waals surface area contributed by atoms with Gasteiger partial charge in [0.1, 0.15) is 0 Å². The molecule has 0 saturated carbocycles. The quantitative estimate of drug-likeness (QED) is 0.474. The van der Waals surface area contributed by atoms with Crippen LogP contribution in [-0.2, 0) is 7.05 Å². The molecule has 20 heavy (non-hydrogen) atoms. The summed E-state index contributed by atoms with van der Waals surface area (Å²) in [6.45, 7) is 1.61. The largest absolute Gasteiger partial charge is 0.440 e. The van der Waals surface area contributed by atoms with Crippen molar-refractivity contribution in [2.45, 2.75) is 6.92 Å². The molecule has 2 N–H and O–H groups in total. The Kier molecular flexibility index (Phi) is 3.34. The van der Waals surface area contributed by atoms with Crippen LogP contribution in [0.15, 0.2) is 27.5 Å². The van der Waals surface area contributed by atoms with E-state index in [-0.39, 0.29) is 11.4 Å². The van der Waals surface area contributed by atoms with Crippen molar-refractivity contribution in [1.29, 1.82) is 0 Å². The van der Waals surface area contributed by atoms with Gasteiger partial charge >= 0.3 is 17.2 Å². The lowest BCUT2D eigenvalue weighted by atomic mass is 10.1. The number of nitrogens with one attached hydrogen (secondary N) is 2. The lowest BCUT2D eigenvalue weighted by Gasteiger charge is -2.05. The van der Waals surface area contributed by atoms with E-state index in [2.05, 4.69) is 15.1 Å². The summed E-state index contributed by atoms with van der Waals surface area (Å²) in [6.07, 6.45) is 0. The van der Waals surface area contributed by atoms with Gasteiger partial charge in [0.15, 0.2) is 7.05 Å². The predicted octanol–water partition coefficient (Wildman–Crippen LogP) is 0.261. The van der Waals surface area contributed by atoms with Crippen molar-refractivity contribution in [3.05, 3.63) is 50.0 Å². The topological polar surface area (TPSA) is 122 Å². The van der Waals surface area contributed by atoms with Crippen LogP contribution in [-0.4, -0.2) is 16.1 Å². The molecular formula is C11H11N4O5+. The van der Waals surface area contributed by atoms with E-state index in [0.717, 1.165) is 4.68 Å². The second kappa shape index (κ2) is 4.96. The summed E-state index contributed by atoms with van der Waals surface area (Å²) in [7, 11) is 1.45. The van der Waals surface area contributed by atoms with Crippen LogP contribution in [0.1, 0.15) is 16.1 Å². The number of H-pyrrole nitrogens is 1. The van der Waals surface area contributed by atoms with E-state index in [1.165, 1.54) is 25.2 Å².